The standard InChI is InChI=1S/C20H20ClN5OS/c1-13(14-4-6-16(21)7-5-14)23-18(27)12-28-20-25-24-19(26(20)17-8-9-17)15-3-2-10-22-11-15/h2-7,10-11,13,17H,8-9,12H2,1H3,(H,23,27)/t13-/m0/s1. The quantitative estimate of drug-likeness (QED) is 0.584. The first-order chi connectivity index (χ1) is 13.6. The summed E-state index contributed by atoms with van der Waals surface area (Å²) in [5, 5.41) is 13.2. The Bertz CT molecular complexity index is 956. The van der Waals surface area contributed by atoms with Gasteiger partial charge in [0.25, 0.3) is 0 Å². The average Bonchev–Trinajstić information content (AvgIpc) is 3.46. The average molecular weight is 414 g/mol. The van der Waals surface area contributed by atoms with E-state index >= 15 is 0 Å². The molecule has 8 heteroatoms. The van der Waals surface area contributed by atoms with Crippen LogP contribution in [0.25, 0.3) is 11.4 Å². The zero-order chi connectivity index (χ0) is 19.5. The van der Waals surface area contributed by atoms with Crippen LogP contribution in [0.3, 0.4) is 0 Å². The molecule has 6 nitrogen and oxygen atoms in total. The third-order valence-electron chi connectivity index (χ3n) is 4.58. The van der Waals surface area contributed by atoms with Crippen molar-refractivity contribution in [2.75, 3.05) is 5.75 Å². The van der Waals surface area contributed by atoms with Crippen LogP contribution in [0.2, 0.25) is 5.02 Å². The number of hydrogen-bond donors (Lipinski definition) is 1. The molecule has 0 spiro atoms. The van der Waals surface area contributed by atoms with Crippen LogP contribution in [0.15, 0.2) is 53.9 Å². The molecule has 0 unspecified atom stereocenters. The van der Waals surface area contributed by atoms with Crippen LogP contribution < -0.4 is 5.32 Å². The molecule has 0 bridgehead atoms. The Morgan fingerprint density at radius 3 is 2.75 bits per heavy atom. The van der Waals surface area contributed by atoms with E-state index in [2.05, 4.69) is 25.1 Å². The molecule has 1 N–H and O–H groups in total. The zero-order valence-electron chi connectivity index (χ0n) is 15.4. The van der Waals surface area contributed by atoms with Gasteiger partial charge >= 0.3 is 0 Å². The number of halogens is 1. The number of hydrogen-bond acceptors (Lipinski definition) is 5. The molecule has 2 heterocycles. The first-order valence-electron chi connectivity index (χ1n) is 9.15. The lowest BCUT2D eigenvalue weighted by Crippen LogP contribution is -2.28. The van der Waals surface area contributed by atoms with Gasteiger partial charge in [0, 0.05) is 29.0 Å². The van der Waals surface area contributed by atoms with Gasteiger partial charge in [-0.05, 0) is 49.6 Å². The van der Waals surface area contributed by atoms with Gasteiger partial charge in [-0.1, -0.05) is 35.5 Å². The smallest absolute Gasteiger partial charge is 0.230 e. The van der Waals surface area contributed by atoms with Crippen LogP contribution in [0.5, 0.6) is 0 Å². The van der Waals surface area contributed by atoms with Crippen molar-refractivity contribution in [2.24, 2.45) is 0 Å². The van der Waals surface area contributed by atoms with Crippen LogP contribution >= 0.6 is 23.4 Å². The molecule has 1 amide bonds. The van der Waals surface area contributed by atoms with Gasteiger partial charge in [-0.3, -0.25) is 14.3 Å². The fraction of sp³-hybridized carbons (Fsp3) is 0.300. The number of thioether (sulfide) groups is 1. The lowest BCUT2D eigenvalue weighted by molar-refractivity contribution is -0.119. The summed E-state index contributed by atoms with van der Waals surface area (Å²) in [7, 11) is 0. The summed E-state index contributed by atoms with van der Waals surface area (Å²) in [5.74, 6) is 1.06. The van der Waals surface area contributed by atoms with E-state index in [4.69, 9.17) is 11.6 Å². The topological polar surface area (TPSA) is 72.7 Å². The highest BCUT2D eigenvalue weighted by molar-refractivity contribution is 7.99. The van der Waals surface area contributed by atoms with E-state index in [1.165, 1.54) is 11.8 Å². The van der Waals surface area contributed by atoms with Crippen LogP contribution in [0.1, 0.15) is 37.4 Å². The van der Waals surface area contributed by atoms with Crippen molar-refractivity contribution in [1.29, 1.82) is 0 Å². The maximum absolute atomic E-state index is 12.4. The van der Waals surface area contributed by atoms with E-state index in [9.17, 15) is 4.79 Å². The highest BCUT2D eigenvalue weighted by Crippen LogP contribution is 2.40. The zero-order valence-corrected chi connectivity index (χ0v) is 17.0. The minimum Gasteiger partial charge on any atom is -0.349 e. The molecular weight excluding hydrogens is 394 g/mol. The minimum absolute atomic E-state index is 0.0410. The van der Waals surface area contributed by atoms with Crippen molar-refractivity contribution in [2.45, 2.75) is 37.0 Å². The van der Waals surface area contributed by atoms with Gasteiger partial charge < -0.3 is 5.32 Å². The second kappa shape index (κ2) is 8.32. The molecule has 1 fully saturated rings. The Morgan fingerprint density at radius 1 is 1.29 bits per heavy atom. The summed E-state index contributed by atoms with van der Waals surface area (Å²) in [6, 6.07) is 11.7. The molecule has 1 atom stereocenters. The van der Waals surface area contributed by atoms with E-state index in [-0.39, 0.29) is 17.7 Å². The van der Waals surface area contributed by atoms with Gasteiger partial charge in [0.1, 0.15) is 0 Å². The molecule has 3 aromatic rings. The van der Waals surface area contributed by atoms with E-state index in [1.807, 2.05) is 43.3 Å². The Labute approximate surface area is 172 Å². The molecule has 0 radical (unpaired) electrons. The summed E-state index contributed by atoms with van der Waals surface area (Å²) in [5.41, 5.74) is 1.96. The fourth-order valence-electron chi connectivity index (χ4n) is 2.98. The molecule has 1 aromatic carbocycles. The van der Waals surface area contributed by atoms with Gasteiger partial charge in [-0.15, -0.1) is 10.2 Å². The molecule has 1 aliphatic rings. The van der Waals surface area contributed by atoms with Crippen molar-refractivity contribution in [3.05, 3.63) is 59.4 Å². The highest BCUT2D eigenvalue weighted by atomic mass is 35.5. The minimum atomic E-state index is -0.0855. The number of aromatic nitrogens is 4. The largest absolute Gasteiger partial charge is 0.349 e. The third kappa shape index (κ3) is 4.36. The lowest BCUT2D eigenvalue weighted by Gasteiger charge is -2.14. The number of nitrogens with zero attached hydrogens (tertiary/aromatic N) is 4. The maximum Gasteiger partial charge on any atom is 0.230 e. The van der Waals surface area contributed by atoms with E-state index in [0.29, 0.717) is 11.1 Å². The van der Waals surface area contributed by atoms with Crippen molar-refractivity contribution in [3.8, 4) is 11.4 Å². The van der Waals surface area contributed by atoms with E-state index < -0.39 is 0 Å². The molecule has 0 saturated heterocycles. The summed E-state index contributed by atoms with van der Waals surface area (Å²) in [6.07, 6.45) is 5.75. The van der Waals surface area contributed by atoms with E-state index in [0.717, 1.165) is 34.9 Å². The maximum atomic E-state index is 12.4. The Kier molecular flexibility index (Phi) is 5.64. The predicted molar refractivity (Wildman–Crippen MR) is 110 cm³/mol. The molecule has 28 heavy (non-hydrogen) atoms. The number of rotatable bonds is 7. The molecule has 1 aliphatic carbocycles. The number of pyridine rings is 1. The number of carbonyl (C=O) groups is 1. The number of carbonyl (C=O) groups excluding carboxylic acids is 1. The SMILES string of the molecule is C[C@H](NC(=O)CSc1nnc(-c2cccnc2)n1C1CC1)c1ccc(Cl)cc1. The van der Waals surface area contributed by atoms with Crippen LogP contribution in [0.4, 0.5) is 0 Å². The Morgan fingerprint density at radius 2 is 2.07 bits per heavy atom. The fourth-order valence-corrected chi connectivity index (χ4v) is 3.92. The van der Waals surface area contributed by atoms with E-state index in [1.54, 1.807) is 12.4 Å². The molecule has 2 aromatic heterocycles. The molecule has 4 rings (SSSR count). The summed E-state index contributed by atoms with van der Waals surface area (Å²) in [6.45, 7) is 1.96. The van der Waals surface area contributed by atoms with Gasteiger partial charge in [0.05, 0.1) is 11.8 Å². The normalized spacial score (nSPS) is 14.6. The predicted octanol–water partition coefficient (Wildman–Crippen LogP) is 4.30. The van der Waals surface area contributed by atoms with Crippen LogP contribution in [0, 0.1) is 0 Å². The molecule has 0 aliphatic heterocycles. The second-order valence-corrected chi connectivity index (χ2v) is 8.16. The van der Waals surface area contributed by atoms with Gasteiger partial charge in [0.2, 0.25) is 5.91 Å². The van der Waals surface area contributed by atoms with Gasteiger partial charge in [-0.25, -0.2) is 0 Å². The Hall–Kier alpha value is -2.38. The monoisotopic (exact) mass is 413 g/mol. The first-order valence-corrected chi connectivity index (χ1v) is 10.5. The number of benzene rings is 1. The third-order valence-corrected chi connectivity index (χ3v) is 5.77. The number of amides is 1. The van der Waals surface area contributed by atoms with Crippen molar-refractivity contribution in [1.82, 2.24) is 25.1 Å². The van der Waals surface area contributed by atoms with Crippen LogP contribution in [-0.2, 0) is 4.79 Å². The second-order valence-electron chi connectivity index (χ2n) is 6.78. The van der Waals surface area contributed by atoms with Gasteiger partial charge in [-0.2, -0.15) is 0 Å². The summed E-state index contributed by atoms with van der Waals surface area (Å²) in [4.78, 5) is 16.6. The summed E-state index contributed by atoms with van der Waals surface area (Å²) >= 11 is 7.34. The molecular formula is C20H20ClN5OS. The number of nitrogens with one attached hydrogen (secondary N) is 1. The lowest BCUT2D eigenvalue weighted by atomic mass is 10.1. The first kappa shape index (κ1) is 19.0. The highest BCUT2D eigenvalue weighted by Gasteiger charge is 2.30. The molecule has 1 saturated carbocycles. The van der Waals surface area contributed by atoms with Crippen LogP contribution in [-0.4, -0.2) is 31.4 Å². The van der Waals surface area contributed by atoms with Crippen molar-refractivity contribution >= 4 is 29.3 Å². The summed E-state index contributed by atoms with van der Waals surface area (Å²) < 4.78 is 2.14. The van der Waals surface area contributed by atoms with Crippen molar-refractivity contribution < 1.29 is 4.79 Å². The van der Waals surface area contributed by atoms with Gasteiger partial charge in [0.15, 0.2) is 11.0 Å². The molecule has 144 valence electrons. The van der Waals surface area contributed by atoms with Crippen molar-refractivity contribution in [3.63, 3.8) is 0 Å². The Balaban J connectivity index is 1.41.